The summed E-state index contributed by atoms with van der Waals surface area (Å²) < 4.78 is 27.1. The molecule has 1 atom stereocenters. The van der Waals surface area contributed by atoms with E-state index in [9.17, 15) is 13.2 Å². The molecule has 7 heteroatoms. The van der Waals surface area contributed by atoms with Gasteiger partial charge in [0.1, 0.15) is 0 Å². The summed E-state index contributed by atoms with van der Waals surface area (Å²) in [5.41, 5.74) is 1.74. The maximum Gasteiger partial charge on any atom is 0.224 e. The summed E-state index contributed by atoms with van der Waals surface area (Å²) in [6, 6.07) is 16.9. The van der Waals surface area contributed by atoms with Crippen molar-refractivity contribution in [3.05, 3.63) is 70.7 Å². The second kappa shape index (κ2) is 9.54. The van der Waals surface area contributed by atoms with Gasteiger partial charge in [0.2, 0.25) is 15.9 Å². The summed E-state index contributed by atoms with van der Waals surface area (Å²) in [5.74, 6) is -0.534. The molecule has 1 saturated heterocycles. The Hall–Kier alpha value is -1.89. The van der Waals surface area contributed by atoms with Crippen LogP contribution in [0.2, 0.25) is 5.02 Å². The number of amides is 1. The van der Waals surface area contributed by atoms with Crippen LogP contribution in [0, 0.1) is 5.92 Å². The molecular weight excluding hydrogens is 396 g/mol. The maximum atomic E-state index is 12.8. The zero-order valence-corrected chi connectivity index (χ0v) is 17.3. The fraction of sp³-hybridized carbons (Fsp3) is 0.381. The van der Waals surface area contributed by atoms with E-state index in [2.05, 4.69) is 5.32 Å². The standard InChI is InChI=1S/C21H25ClN2O3S/c22-20-11-5-4-9-19(20)16-28(26,27)24-14-6-10-18(15-24)21(25)23-13-12-17-7-2-1-3-8-17/h1-5,7-9,11,18H,6,10,12-16H2,(H,23,25)/t18-/m1/s1. The lowest BCUT2D eigenvalue weighted by Crippen LogP contribution is -2.46. The molecule has 0 bridgehead atoms. The van der Waals surface area contributed by atoms with E-state index in [-0.39, 0.29) is 24.1 Å². The van der Waals surface area contributed by atoms with E-state index in [1.54, 1.807) is 24.3 Å². The minimum absolute atomic E-state index is 0.0754. The van der Waals surface area contributed by atoms with Gasteiger partial charge in [-0.15, -0.1) is 0 Å². The van der Waals surface area contributed by atoms with Gasteiger partial charge in [-0.25, -0.2) is 12.7 Å². The SMILES string of the molecule is O=C(NCCc1ccccc1)[C@@H]1CCCN(S(=O)(=O)Cc2ccccc2Cl)C1. The van der Waals surface area contributed by atoms with Gasteiger partial charge in [-0.2, -0.15) is 0 Å². The number of hydrogen-bond acceptors (Lipinski definition) is 3. The highest BCUT2D eigenvalue weighted by atomic mass is 35.5. The molecule has 150 valence electrons. The van der Waals surface area contributed by atoms with Gasteiger partial charge < -0.3 is 5.32 Å². The molecule has 5 nitrogen and oxygen atoms in total. The van der Waals surface area contributed by atoms with Crippen molar-refractivity contribution in [3.8, 4) is 0 Å². The van der Waals surface area contributed by atoms with Gasteiger partial charge in [-0.05, 0) is 36.5 Å². The second-order valence-electron chi connectivity index (χ2n) is 7.07. The number of carbonyl (C=O) groups excluding carboxylic acids is 1. The first-order valence-corrected chi connectivity index (χ1v) is 11.5. The monoisotopic (exact) mass is 420 g/mol. The first-order chi connectivity index (χ1) is 13.5. The predicted octanol–water partition coefficient (Wildman–Crippen LogP) is 3.24. The summed E-state index contributed by atoms with van der Waals surface area (Å²) in [6.07, 6.45) is 2.14. The van der Waals surface area contributed by atoms with Gasteiger partial charge in [-0.3, -0.25) is 4.79 Å². The molecule has 0 spiro atoms. The molecule has 1 heterocycles. The Balaban J connectivity index is 1.55. The Labute approximate surface area is 171 Å². The van der Waals surface area contributed by atoms with Crippen LogP contribution < -0.4 is 5.32 Å². The van der Waals surface area contributed by atoms with Crippen LogP contribution >= 0.6 is 11.6 Å². The minimum atomic E-state index is -3.52. The fourth-order valence-corrected chi connectivity index (χ4v) is 5.35. The van der Waals surface area contributed by atoms with E-state index in [0.717, 1.165) is 12.0 Å². The van der Waals surface area contributed by atoms with Gasteiger partial charge in [-0.1, -0.05) is 60.1 Å². The Morgan fingerprint density at radius 2 is 1.82 bits per heavy atom. The molecule has 28 heavy (non-hydrogen) atoms. The van der Waals surface area contributed by atoms with E-state index in [1.807, 2.05) is 30.3 Å². The number of hydrogen-bond donors (Lipinski definition) is 1. The largest absolute Gasteiger partial charge is 0.355 e. The van der Waals surface area contributed by atoms with Crippen molar-refractivity contribution < 1.29 is 13.2 Å². The first kappa shape index (κ1) is 20.8. The molecule has 0 radical (unpaired) electrons. The number of halogens is 1. The van der Waals surface area contributed by atoms with Crippen molar-refractivity contribution in [2.24, 2.45) is 5.92 Å². The molecule has 0 aromatic heterocycles. The second-order valence-corrected chi connectivity index (χ2v) is 9.45. The van der Waals surface area contributed by atoms with E-state index in [1.165, 1.54) is 4.31 Å². The van der Waals surface area contributed by atoms with E-state index < -0.39 is 10.0 Å². The molecule has 0 unspecified atom stereocenters. The molecule has 0 saturated carbocycles. The molecule has 1 fully saturated rings. The van der Waals surface area contributed by atoms with Crippen LogP contribution in [-0.2, 0) is 27.0 Å². The highest BCUT2D eigenvalue weighted by molar-refractivity contribution is 7.88. The third-order valence-corrected chi connectivity index (χ3v) is 7.16. The fourth-order valence-electron chi connectivity index (χ4n) is 3.43. The Morgan fingerprint density at radius 1 is 1.11 bits per heavy atom. The van der Waals surface area contributed by atoms with Crippen molar-refractivity contribution in [3.63, 3.8) is 0 Å². The number of sulfonamides is 1. The summed E-state index contributed by atoms with van der Waals surface area (Å²) in [7, 11) is -3.52. The van der Waals surface area contributed by atoms with Gasteiger partial charge in [0, 0.05) is 24.7 Å². The smallest absolute Gasteiger partial charge is 0.224 e. The van der Waals surface area contributed by atoms with Crippen LogP contribution in [0.1, 0.15) is 24.0 Å². The lowest BCUT2D eigenvalue weighted by molar-refractivity contribution is -0.126. The molecule has 1 aliphatic heterocycles. The average molecular weight is 421 g/mol. The number of nitrogens with one attached hydrogen (secondary N) is 1. The average Bonchev–Trinajstić information content (AvgIpc) is 2.70. The zero-order chi connectivity index (χ0) is 20.0. The number of carbonyl (C=O) groups is 1. The highest BCUT2D eigenvalue weighted by Gasteiger charge is 2.32. The van der Waals surface area contributed by atoms with Crippen LogP contribution in [0.4, 0.5) is 0 Å². The van der Waals surface area contributed by atoms with E-state index in [4.69, 9.17) is 11.6 Å². The molecule has 1 amide bonds. The molecular formula is C21H25ClN2O3S. The van der Waals surface area contributed by atoms with Crippen LogP contribution in [-0.4, -0.2) is 38.3 Å². The maximum absolute atomic E-state index is 12.8. The minimum Gasteiger partial charge on any atom is -0.355 e. The van der Waals surface area contributed by atoms with E-state index in [0.29, 0.717) is 36.5 Å². The molecule has 0 aliphatic carbocycles. The summed E-state index contributed by atoms with van der Waals surface area (Å²) in [6.45, 7) is 1.22. The van der Waals surface area contributed by atoms with Gasteiger partial charge >= 0.3 is 0 Å². The van der Waals surface area contributed by atoms with Crippen LogP contribution in [0.5, 0.6) is 0 Å². The number of rotatable bonds is 7. The molecule has 2 aromatic rings. The predicted molar refractivity (Wildman–Crippen MR) is 112 cm³/mol. The van der Waals surface area contributed by atoms with Gasteiger partial charge in [0.25, 0.3) is 0 Å². The first-order valence-electron chi connectivity index (χ1n) is 9.48. The Kier molecular flexibility index (Phi) is 7.10. The normalized spacial score (nSPS) is 18.0. The zero-order valence-electron chi connectivity index (χ0n) is 15.7. The Morgan fingerprint density at radius 3 is 2.57 bits per heavy atom. The van der Waals surface area contributed by atoms with Crippen LogP contribution in [0.3, 0.4) is 0 Å². The van der Waals surface area contributed by atoms with Gasteiger partial charge in [0.05, 0.1) is 11.7 Å². The molecule has 2 aromatic carbocycles. The summed E-state index contributed by atoms with van der Waals surface area (Å²) >= 11 is 6.11. The van der Waals surface area contributed by atoms with Crippen molar-refractivity contribution in [2.75, 3.05) is 19.6 Å². The van der Waals surface area contributed by atoms with Crippen molar-refractivity contribution in [1.82, 2.24) is 9.62 Å². The third-order valence-electron chi connectivity index (χ3n) is 5.00. The summed E-state index contributed by atoms with van der Waals surface area (Å²) in [4.78, 5) is 12.5. The molecule has 1 aliphatic rings. The van der Waals surface area contributed by atoms with Crippen molar-refractivity contribution >= 4 is 27.5 Å². The van der Waals surface area contributed by atoms with Crippen LogP contribution in [0.25, 0.3) is 0 Å². The number of nitrogens with zero attached hydrogens (tertiary/aromatic N) is 1. The summed E-state index contributed by atoms with van der Waals surface area (Å²) in [5, 5.41) is 3.39. The molecule has 1 N–H and O–H groups in total. The highest BCUT2D eigenvalue weighted by Crippen LogP contribution is 2.24. The topological polar surface area (TPSA) is 66.5 Å². The van der Waals surface area contributed by atoms with Crippen molar-refractivity contribution in [2.45, 2.75) is 25.0 Å². The van der Waals surface area contributed by atoms with Crippen LogP contribution in [0.15, 0.2) is 54.6 Å². The lowest BCUT2D eigenvalue weighted by Gasteiger charge is -2.31. The number of piperidine rings is 1. The van der Waals surface area contributed by atoms with Crippen molar-refractivity contribution in [1.29, 1.82) is 0 Å². The Bertz CT molecular complexity index is 903. The number of benzene rings is 2. The molecule has 3 rings (SSSR count). The third kappa shape index (κ3) is 5.56. The van der Waals surface area contributed by atoms with Gasteiger partial charge in [0.15, 0.2) is 0 Å². The van der Waals surface area contributed by atoms with E-state index >= 15 is 0 Å². The lowest BCUT2D eigenvalue weighted by atomic mass is 9.99. The quantitative estimate of drug-likeness (QED) is 0.747.